The SMILES string of the molecule is CCl.CNC(=O)C(CC(C)C)NC(=O)c1cc2c(s1)CC=CC=C2.C\C=C/C(=C\C=C\Cl)S(=O)(=O)N1CCCC1. The van der Waals surface area contributed by atoms with Gasteiger partial charge in [0.25, 0.3) is 5.91 Å². The lowest BCUT2D eigenvalue weighted by molar-refractivity contribution is -0.122. The summed E-state index contributed by atoms with van der Waals surface area (Å²) in [5.41, 5.74) is 2.38. The van der Waals surface area contributed by atoms with E-state index in [0.29, 0.717) is 30.3 Å². The number of hydrogen-bond donors (Lipinski definition) is 2. The van der Waals surface area contributed by atoms with Gasteiger partial charge in [0.2, 0.25) is 15.9 Å². The third-order valence-electron chi connectivity index (χ3n) is 5.83. The van der Waals surface area contributed by atoms with E-state index < -0.39 is 16.1 Å². The molecule has 11 heteroatoms. The Balaban J connectivity index is 0.000000394. The molecule has 3 rings (SSSR count). The van der Waals surface area contributed by atoms with E-state index in [1.165, 1.54) is 44.6 Å². The van der Waals surface area contributed by atoms with E-state index in [9.17, 15) is 18.0 Å². The second kappa shape index (κ2) is 19.0. The molecule has 7 nitrogen and oxygen atoms in total. The number of allylic oxidation sites excluding steroid dienone is 7. The van der Waals surface area contributed by atoms with Gasteiger partial charge in [-0.2, -0.15) is 4.31 Å². The largest absolute Gasteiger partial charge is 0.357 e. The highest BCUT2D eigenvalue weighted by molar-refractivity contribution is 7.93. The fourth-order valence-electron chi connectivity index (χ4n) is 3.98. The van der Waals surface area contributed by atoms with Crippen LogP contribution in [-0.2, 0) is 21.2 Å². The summed E-state index contributed by atoms with van der Waals surface area (Å²) in [6.07, 6.45) is 19.2. The predicted octanol–water partition coefficient (Wildman–Crippen LogP) is 6.24. The van der Waals surface area contributed by atoms with Crippen molar-refractivity contribution in [3.63, 3.8) is 0 Å². The molecule has 1 aliphatic heterocycles. The van der Waals surface area contributed by atoms with Gasteiger partial charge in [-0.15, -0.1) is 22.9 Å². The topological polar surface area (TPSA) is 95.6 Å². The van der Waals surface area contributed by atoms with Crippen LogP contribution >= 0.6 is 34.5 Å². The number of fused-ring (bicyclic) bond motifs is 1. The maximum atomic E-state index is 12.4. The highest BCUT2D eigenvalue weighted by Gasteiger charge is 2.27. The van der Waals surface area contributed by atoms with E-state index >= 15 is 0 Å². The molecule has 0 saturated carbocycles. The number of halogens is 2. The van der Waals surface area contributed by atoms with Gasteiger partial charge in [0.05, 0.1) is 9.78 Å². The monoisotopic (exact) mass is 629 g/mol. The normalized spacial score (nSPS) is 16.1. The molecular formula is C29H41Cl2N3O4S2. The van der Waals surface area contributed by atoms with Crippen LogP contribution in [-0.4, -0.2) is 57.1 Å². The van der Waals surface area contributed by atoms with Crippen molar-refractivity contribution in [2.45, 2.75) is 52.5 Å². The lowest BCUT2D eigenvalue weighted by atomic mass is 10.0. The molecule has 1 aliphatic carbocycles. The molecule has 1 aromatic rings. The van der Waals surface area contributed by atoms with Crippen molar-refractivity contribution in [3.05, 3.63) is 74.4 Å². The Hall–Kier alpha value is -2.17. The minimum absolute atomic E-state index is 0.150. The van der Waals surface area contributed by atoms with Gasteiger partial charge in [-0.1, -0.05) is 55.8 Å². The maximum Gasteiger partial charge on any atom is 0.262 e. The van der Waals surface area contributed by atoms with Crippen molar-refractivity contribution in [3.8, 4) is 0 Å². The van der Waals surface area contributed by atoms with E-state index in [0.717, 1.165) is 24.8 Å². The Kier molecular flexibility index (Phi) is 17.1. The Morgan fingerprint density at radius 1 is 1.18 bits per heavy atom. The van der Waals surface area contributed by atoms with Crippen molar-refractivity contribution >= 4 is 62.5 Å². The van der Waals surface area contributed by atoms with Crippen LogP contribution < -0.4 is 10.6 Å². The third-order valence-corrected chi connectivity index (χ3v) is 9.06. The smallest absolute Gasteiger partial charge is 0.262 e. The van der Waals surface area contributed by atoms with Crippen LogP contribution in [0.2, 0.25) is 0 Å². The molecular weight excluding hydrogens is 589 g/mol. The molecule has 0 spiro atoms. The van der Waals surface area contributed by atoms with E-state index in [2.05, 4.69) is 28.3 Å². The molecule has 1 atom stereocenters. The molecule has 1 unspecified atom stereocenters. The lowest BCUT2D eigenvalue weighted by Crippen LogP contribution is -2.46. The van der Waals surface area contributed by atoms with Gasteiger partial charge in [-0.3, -0.25) is 9.59 Å². The van der Waals surface area contributed by atoms with Crippen molar-refractivity contribution in [1.29, 1.82) is 0 Å². The first-order valence-corrected chi connectivity index (χ1v) is 16.5. The van der Waals surface area contributed by atoms with Crippen molar-refractivity contribution in [1.82, 2.24) is 14.9 Å². The first kappa shape index (κ1) is 35.9. The minimum Gasteiger partial charge on any atom is -0.357 e. The number of hydrogen-bond acceptors (Lipinski definition) is 5. The summed E-state index contributed by atoms with van der Waals surface area (Å²) in [7, 11) is -1.75. The quantitative estimate of drug-likeness (QED) is 0.249. The first-order chi connectivity index (χ1) is 19.1. The summed E-state index contributed by atoms with van der Waals surface area (Å²) >= 11 is 11.5. The average molecular weight is 631 g/mol. The Labute approximate surface area is 253 Å². The molecule has 0 radical (unpaired) electrons. The number of alkyl halides is 1. The summed E-state index contributed by atoms with van der Waals surface area (Å²) in [6, 6.07) is 1.41. The second-order valence-electron chi connectivity index (χ2n) is 9.25. The number of carbonyl (C=O) groups excluding carboxylic acids is 2. The minimum atomic E-state index is -3.34. The van der Waals surface area contributed by atoms with Crippen LogP contribution in [0.1, 0.15) is 60.1 Å². The molecule has 2 aliphatic rings. The second-order valence-corrected chi connectivity index (χ2v) is 12.6. The molecule has 40 heavy (non-hydrogen) atoms. The van der Waals surface area contributed by atoms with E-state index in [4.69, 9.17) is 11.6 Å². The lowest BCUT2D eigenvalue weighted by Gasteiger charge is -2.18. The number of sulfonamides is 1. The molecule has 2 amide bonds. The van der Waals surface area contributed by atoms with Crippen molar-refractivity contribution in [2.75, 3.05) is 26.5 Å². The average Bonchev–Trinajstić information content (AvgIpc) is 3.58. The summed E-state index contributed by atoms with van der Waals surface area (Å²) in [4.78, 5) is 26.5. The maximum absolute atomic E-state index is 12.4. The molecule has 2 N–H and O–H groups in total. The van der Waals surface area contributed by atoms with Crippen LogP contribution in [0.3, 0.4) is 0 Å². The predicted molar refractivity (Wildman–Crippen MR) is 170 cm³/mol. The van der Waals surface area contributed by atoms with Gasteiger partial charge >= 0.3 is 0 Å². The van der Waals surface area contributed by atoms with Crippen LogP contribution in [0.25, 0.3) is 6.08 Å². The molecule has 1 fully saturated rings. The van der Waals surface area contributed by atoms with Crippen molar-refractivity contribution in [2.24, 2.45) is 5.92 Å². The van der Waals surface area contributed by atoms with Crippen LogP contribution in [0.5, 0.6) is 0 Å². The number of thiophene rings is 1. The Morgan fingerprint density at radius 3 is 2.42 bits per heavy atom. The van der Waals surface area contributed by atoms with E-state index in [1.54, 1.807) is 26.1 Å². The molecule has 222 valence electrons. The van der Waals surface area contributed by atoms with E-state index in [1.807, 2.05) is 38.1 Å². The summed E-state index contributed by atoms with van der Waals surface area (Å²) in [5.74, 6) is 0.00317. The number of nitrogens with zero attached hydrogens (tertiary/aromatic N) is 1. The Bertz CT molecular complexity index is 1210. The summed E-state index contributed by atoms with van der Waals surface area (Å²) in [6.45, 7) is 7.08. The zero-order chi connectivity index (χ0) is 30.1. The highest BCUT2D eigenvalue weighted by atomic mass is 35.5. The zero-order valence-electron chi connectivity index (χ0n) is 23.8. The van der Waals surface area contributed by atoms with Gasteiger partial charge in [0, 0.05) is 43.4 Å². The molecule has 0 bridgehead atoms. The number of carbonyl (C=O) groups is 2. The molecule has 0 aromatic carbocycles. The van der Waals surface area contributed by atoms with Crippen molar-refractivity contribution < 1.29 is 18.0 Å². The standard InChI is InChI=1S/C17H22N2O2S.C11H16ClNO2S.CH3Cl/c1-11(2)9-13(16(20)18-3)19-17(21)15-10-12-7-5-4-6-8-14(12)22-15;1-2-6-11(7-5-8-12)16(14,15)13-9-3-4-10-13;1-2/h4-7,10-11,13H,8-9H2,1-3H3,(H,18,20)(H,19,21);2,5-8H,3-4,9-10H2,1H3;1H3/b;6-2-,8-5+,11-7+;. The van der Waals surface area contributed by atoms with Gasteiger partial charge in [0.1, 0.15) is 6.04 Å². The van der Waals surface area contributed by atoms with Gasteiger partial charge < -0.3 is 10.6 Å². The molecule has 2 heterocycles. The number of likely N-dealkylation sites (N-methyl/N-ethyl adjacent to an activating group) is 1. The number of amides is 2. The molecule has 1 saturated heterocycles. The van der Waals surface area contributed by atoms with Crippen LogP contribution in [0, 0.1) is 5.92 Å². The zero-order valence-corrected chi connectivity index (χ0v) is 27.0. The van der Waals surface area contributed by atoms with Crippen LogP contribution in [0.4, 0.5) is 0 Å². The van der Waals surface area contributed by atoms with E-state index in [-0.39, 0.29) is 16.7 Å². The fourth-order valence-corrected chi connectivity index (χ4v) is 6.67. The highest BCUT2D eigenvalue weighted by Crippen LogP contribution is 2.26. The number of rotatable bonds is 9. The van der Waals surface area contributed by atoms with Gasteiger partial charge in [-0.05, 0) is 62.0 Å². The third kappa shape index (κ3) is 11.4. The fraction of sp³-hybridized carbons (Fsp3) is 0.448. The first-order valence-electron chi connectivity index (χ1n) is 13.1. The number of nitrogens with one attached hydrogen (secondary N) is 2. The Morgan fingerprint density at radius 2 is 1.85 bits per heavy atom. The van der Waals surface area contributed by atoms with Gasteiger partial charge in [-0.25, -0.2) is 8.42 Å². The van der Waals surface area contributed by atoms with Crippen LogP contribution in [0.15, 0.2) is 59.0 Å². The summed E-state index contributed by atoms with van der Waals surface area (Å²) in [5, 5.41) is 5.47. The summed E-state index contributed by atoms with van der Waals surface area (Å²) < 4.78 is 25.8. The molecule has 1 aromatic heterocycles. The van der Waals surface area contributed by atoms with Gasteiger partial charge in [0.15, 0.2) is 0 Å².